The maximum atomic E-state index is 12.2. The normalized spacial score (nSPS) is 16.0. The molecule has 1 unspecified atom stereocenters. The molecule has 0 spiro atoms. The van der Waals surface area contributed by atoms with Gasteiger partial charge in [0.2, 0.25) is 0 Å². The van der Waals surface area contributed by atoms with Gasteiger partial charge in [0.15, 0.2) is 11.5 Å². The van der Waals surface area contributed by atoms with E-state index >= 15 is 0 Å². The molecule has 0 saturated heterocycles. The van der Waals surface area contributed by atoms with E-state index < -0.39 is 0 Å². The molecule has 4 nitrogen and oxygen atoms in total. The van der Waals surface area contributed by atoms with Crippen LogP contribution in [-0.4, -0.2) is 26.2 Å². The summed E-state index contributed by atoms with van der Waals surface area (Å²) in [4.78, 5) is 12.2. The topological polar surface area (TPSA) is 47.6 Å². The summed E-state index contributed by atoms with van der Waals surface area (Å²) >= 11 is 0. The number of fused-ring (bicyclic) bond motifs is 1. The number of para-hydroxylation sites is 1. The molecule has 1 aliphatic rings. The van der Waals surface area contributed by atoms with E-state index in [1.807, 2.05) is 43.3 Å². The van der Waals surface area contributed by atoms with Gasteiger partial charge in [0.1, 0.15) is 0 Å². The molecule has 1 aliphatic heterocycles. The molecule has 24 heavy (non-hydrogen) atoms. The predicted molar refractivity (Wildman–Crippen MR) is 93.8 cm³/mol. The third kappa shape index (κ3) is 3.37. The van der Waals surface area contributed by atoms with Gasteiger partial charge < -0.3 is 14.8 Å². The number of methoxy groups -OCH3 is 1. The van der Waals surface area contributed by atoms with Crippen molar-refractivity contribution in [2.45, 2.75) is 19.8 Å². The second-order valence-electron chi connectivity index (χ2n) is 6.05. The van der Waals surface area contributed by atoms with Gasteiger partial charge in [-0.15, -0.1) is 0 Å². The van der Waals surface area contributed by atoms with E-state index in [-0.39, 0.29) is 5.91 Å². The first kappa shape index (κ1) is 16.4. The summed E-state index contributed by atoms with van der Waals surface area (Å²) in [7, 11) is 1.66. The van der Waals surface area contributed by atoms with Crippen LogP contribution in [0, 0.1) is 5.92 Å². The number of amides is 1. The maximum absolute atomic E-state index is 12.2. The van der Waals surface area contributed by atoms with Gasteiger partial charge in [-0.3, -0.25) is 4.79 Å². The largest absolute Gasteiger partial charge is 0.493 e. The van der Waals surface area contributed by atoms with Gasteiger partial charge in [-0.2, -0.15) is 0 Å². The van der Waals surface area contributed by atoms with Crippen molar-refractivity contribution in [2.75, 3.05) is 20.3 Å². The van der Waals surface area contributed by atoms with Crippen molar-refractivity contribution in [2.24, 2.45) is 5.92 Å². The minimum absolute atomic E-state index is 0.00750. The first-order valence-corrected chi connectivity index (χ1v) is 8.37. The molecule has 126 valence electrons. The zero-order chi connectivity index (χ0) is 16.9. The first-order chi connectivity index (χ1) is 11.7. The molecule has 3 rings (SSSR count). The minimum atomic E-state index is -0.00750. The van der Waals surface area contributed by atoms with E-state index in [1.54, 1.807) is 7.11 Å². The smallest absolute Gasteiger partial charge is 0.251 e. The van der Waals surface area contributed by atoms with Gasteiger partial charge in [0, 0.05) is 18.0 Å². The lowest BCUT2D eigenvalue weighted by Crippen LogP contribution is -2.27. The summed E-state index contributed by atoms with van der Waals surface area (Å²) < 4.78 is 11.3. The van der Waals surface area contributed by atoms with Crippen LogP contribution in [0.15, 0.2) is 42.5 Å². The minimum Gasteiger partial charge on any atom is -0.493 e. The van der Waals surface area contributed by atoms with Crippen LogP contribution >= 0.6 is 0 Å². The predicted octanol–water partition coefficient (Wildman–Crippen LogP) is 3.24. The fraction of sp³-hybridized carbons (Fsp3) is 0.350. The number of benzene rings is 2. The molecule has 0 bridgehead atoms. The van der Waals surface area contributed by atoms with Crippen molar-refractivity contribution in [3.8, 4) is 11.5 Å². The van der Waals surface area contributed by atoms with Gasteiger partial charge >= 0.3 is 0 Å². The Morgan fingerprint density at radius 2 is 2.08 bits per heavy atom. The zero-order valence-electron chi connectivity index (χ0n) is 14.2. The van der Waals surface area contributed by atoms with Crippen molar-refractivity contribution >= 4 is 5.91 Å². The quantitative estimate of drug-likeness (QED) is 0.918. The van der Waals surface area contributed by atoms with Crippen molar-refractivity contribution in [1.82, 2.24) is 5.32 Å². The van der Waals surface area contributed by atoms with Gasteiger partial charge in [0.25, 0.3) is 5.91 Å². The molecule has 0 saturated carbocycles. The zero-order valence-corrected chi connectivity index (χ0v) is 14.2. The summed E-state index contributed by atoms with van der Waals surface area (Å²) in [5.74, 6) is 1.98. The molecule has 1 amide bonds. The molecule has 0 radical (unpaired) electrons. The van der Waals surface area contributed by atoms with Crippen molar-refractivity contribution in [1.29, 1.82) is 0 Å². The molecule has 0 aliphatic carbocycles. The Labute approximate surface area is 142 Å². The number of carbonyl (C=O) groups excluding carboxylic acids is 1. The Bertz CT molecular complexity index is 727. The van der Waals surface area contributed by atoms with Crippen molar-refractivity contribution in [3.05, 3.63) is 59.2 Å². The lowest BCUT2D eigenvalue weighted by atomic mass is 9.89. The summed E-state index contributed by atoms with van der Waals surface area (Å²) in [5, 5.41) is 2.88. The van der Waals surface area contributed by atoms with Crippen LogP contribution in [0.4, 0.5) is 0 Å². The van der Waals surface area contributed by atoms with Gasteiger partial charge in [-0.25, -0.2) is 0 Å². The van der Waals surface area contributed by atoms with E-state index in [0.717, 1.165) is 35.5 Å². The SMILES string of the molecule is CCNC(=O)c1ccccc1CC1COc2c(cccc2OC)C1. The molecule has 2 aromatic carbocycles. The van der Waals surface area contributed by atoms with Crippen LogP contribution in [0.25, 0.3) is 0 Å². The van der Waals surface area contributed by atoms with E-state index in [0.29, 0.717) is 19.1 Å². The Balaban J connectivity index is 1.77. The highest BCUT2D eigenvalue weighted by Gasteiger charge is 2.24. The molecule has 1 atom stereocenters. The van der Waals surface area contributed by atoms with Crippen LogP contribution in [0.5, 0.6) is 11.5 Å². The lowest BCUT2D eigenvalue weighted by Gasteiger charge is -2.27. The van der Waals surface area contributed by atoms with Crippen LogP contribution in [0.3, 0.4) is 0 Å². The van der Waals surface area contributed by atoms with E-state index in [2.05, 4.69) is 11.4 Å². The standard InChI is InChI=1S/C20H23NO3/c1-3-21-20(22)17-9-5-4-7-15(17)11-14-12-16-8-6-10-18(23-2)19(16)24-13-14/h4-10,14H,3,11-13H2,1-2H3,(H,21,22). The summed E-state index contributed by atoms with van der Waals surface area (Å²) in [6.45, 7) is 3.20. The molecule has 0 fully saturated rings. The molecule has 1 N–H and O–H groups in total. The molecule has 0 aromatic heterocycles. The summed E-state index contributed by atoms with van der Waals surface area (Å²) in [5.41, 5.74) is 3.00. The monoisotopic (exact) mass is 325 g/mol. The second kappa shape index (κ2) is 7.39. The summed E-state index contributed by atoms with van der Waals surface area (Å²) in [6.07, 6.45) is 1.75. The number of hydrogen-bond acceptors (Lipinski definition) is 3. The van der Waals surface area contributed by atoms with E-state index in [4.69, 9.17) is 9.47 Å². The van der Waals surface area contributed by atoms with Crippen LogP contribution in [0.1, 0.15) is 28.4 Å². The van der Waals surface area contributed by atoms with Gasteiger partial charge in [-0.1, -0.05) is 30.3 Å². The average Bonchev–Trinajstić information content (AvgIpc) is 2.61. The fourth-order valence-electron chi connectivity index (χ4n) is 3.24. The number of nitrogens with one attached hydrogen (secondary N) is 1. The van der Waals surface area contributed by atoms with Gasteiger partial charge in [-0.05, 0) is 43.0 Å². The fourth-order valence-corrected chi connectivity index (χ4v) is 3.24. The molecular formula is C20H23NO3. The van der Waals surface area contributed by atoms with E-state index in [1.165, 1.54) is 5.56 Å². The Kier molecular flexibility index (Phi) is 5.04. The first-order valence-electron chi connectivity index (χ1n) is 8.37. The highest BCUT2D eigenvalue weighted by molar-refractivity contribution is 5.95. The van der Waals surface area contributed by atoms with Crippen molar-refractivity contribution in [3.63, 3.8) is 0 Å². The average molecular weight is 325 g/mol. The highest BCUT2D eigenvalue weighted by atomic mass is 16.5. The van der Waals surface area contributed by atoms with Crippen LogP contribution < -0.4 is 14.8 Å². The third-order valence-electron chi connectivity index (χ3n) is 4.36. The lowest BCUT2D eigenvalue weighted by molar-refractivity contribution is 0.0954. The van der Waals surface area contributed by atoms with Gasteiger partial charge in [0.05, 0.1) is 13.7 Å². The highest BCUT2D eigenvalue weighted by Crippen LogP contribution is 2.36. The Hall–Kier alpha value is -2.49. The number of ether oxygens (including phenoxy) is 2. The molecule has 2 aromatic rings. The Morgan fingerprint density at radius 1 is 1.25 bits per heavy atom. The number of rotatable bonds is 5. The third-order valence-corrected chi connectivity index (χ3v) is 4.36. The second-order valence-corrected chi connectivity index (χ2v) is 6.05. The number of hydrogen-bond donors (Lipinski definition) is 1. The maximum Gasteiger partial charge on any atom is 0.251 e. The van der Waals surface area contributed by atoms with E-state index in [9.17, 15) is 4.79 Å². The van der Waals surface area contributed by atoms with Crippen LogP contribution in [-0.2, 0) is 12.8 Å². The molecule has 1 heterocycles. The summed E-state index contributed by atoms with van der Waals surface area (Å²) in [6, 6.07) is 13.8. The van der Waals surface area contributed by atoms with Crippen LogP contribution in [0.2, 0.25) is 0 Å². The molecule has 4 heteroatoms. The molecular weight excluding hydrogens is 302 g/mol. The number of carbonyl (C=O) groups is 1. The van der Waals surface area contributed by atoms with Crippen molar-refractivity contribution < 1.29 is 14.3 Å². The Morgan fingerprint density at radius 3 is 2.88 bits per heavy atom.